The third kappa shape index (κ3) is 1.89. The molecule has 0 saturated heterocycles. The molecule has 0 N–H and O–H groups in total. The summed E-state index contributed by atoms with van der Waals surface area (Å²) in [5, 5.41) is 2.20. The Bertz CT molecular complexity index is 676. The third-order valence-corrected chi connectivity index (χ3v) is 2.80. The molecule has 17 heavy (non-hydrogen) atoms. The van der Waals surface area contributed by atoms with E-state index in [4.69, 9.17) is 0 Å². The molecule has 0 unspecified atom stereocenters. The summed E-state index contributed by atoms with van der Waals surface area (Å²) in [7, 11) is 0. The van der Waals surface area contributed by atoms with Gasteiger partial charge in [-0.2, -0.15) is 0 Å². The van der Waals surface area contributed by atoms with Gasteiger partial charge in [-0.05, 0) is 40.8 Å². The highest BCUT2D eigenvalue weighted by molar-refractivity contribution is 5.86. The van der Waals surface area contributed by atoms with Crippen LogP contribution in [0.1, 0.15) is 0 Å². The lowest BCUT2D eigenvalue weighted by Gasteiger charge is -2.03. The molecule has 0 aliphatic rings. The third-order valence-electron chi connectivity index (χ3n) is 2.80. The number of nitrogens with zero attached hydrogens (tertiary/aromatic N) is 1. The topological polar surface area (TPSA) is 12.9 Å². The minimum Gasteiger partial charge on any atom is -0.264 e. The first kappa shape index (κ1) is 9.97. The van der Waals surface area contributed by atoms with Gasteiger partial charge in [0.2, 0.25) is 0 Å². The number of hydrogen-bond acceptors (Lipinski definition) is 1. The van der Waals surface area contributed by atoms with Crippen molar-refractivity contribution >= 4 is 10.8 Å². The van der Waals surface area contributed by atoms with Crippen LogP contribution in [0.4, 0.5) is 4.39 Å². The van der Waals surface area contributed by atoms with Gasteiger partial charge in [-0.1, -0.05) is 24.3 Å². The highest BCUT2D eigenvalue weighted by atomic mass is 19.1. The van der Waals surface area contributed by atoms with Crippen molar-refractivity contribution in [2.75, 3.05) is 0 Å². The lowest BCUT2D eigenvalue weighted by atomic mass is 10.0. The van der Waals surface area contributed by atoms with Gasteiger partial charge in [0.15, 0.2) is 0 Å². The van der Waals surface area contributed by atoms with Crippen molar-refractivity contribution in [2.45, 2.75) is 0 Å². The van der Waals surface area contributed by atoms with E-state index in [1.807, 2.05) is 36.5 Å². The summed E-state index contributed by atoms with van der Waals surface area (Å²) in [5.41, 5.74) is 1.91. The number of pyridine rings is 1. The van der Waals surface area contributed by atoms with Crippen LogP contribution in [0.2, 0.25) is 0 Å². The normalized spacial score (nSPS) is 10.6. The zero-order valence-corrected chi connectivity index (χ0v) is 9.10. The molecule has 1 aromatic heterocycles. The Labute approximate surface area is 98.6 Å². The summed E-state index contributed by atoms with van der Waals surface area (Å²) in [6.07, 6.45) is 3.59. The van der Waals surface area contributed by atoms with Gasteiger partial charge in [-0.25, -0.2) is 4.39 Å². The summed E-state index contributed by atoms with van der Waals surface area (Å²) >= 11 is 0. The smallest absolute Gasteiger partial charge is 0.123 e. The first-order chi connectivity index (χ1) is 8.33. The van der Waals surface area contributed by atoms with Gasteiger partial charge >= 0.3 is 0 Å². The van der Waals surface area contributed by atoms with Crippen LogP contribution >= 0.6 is 0 Å². The van der Waals surface area contributed by atoms with Crippen molar-refractivity contribution in [3.05, 3.63) is 66.7 Å². The molecule has 0 radical (unpaired) electrons. The molecule has 0 aliphatic heterocycles. The van der Waals surface area contributed by atoms with Crippen LogP contribution in [0, 0.1) is 5.82 Å². The summed E-state index contributed by atoms with van der Waals surface area (Å²) in [5.74, 6) is -0.211. The molecule has 82 valence electrons. The standard InChI is InChI=1S/C15H10FN/c16-15-3-1-2-11(9-15)12-4-5-14-10-17-7-6-13(14)8-12/h1-10H. The van der Waals surface area contributed by atoms with E-state index in [0.29, 0.717) is 0 Å². The molecule has 0 fully saturated rings. The van der Waals surface area contributed by atoms with Gasteiger partial charge < -0.3 is 0 Å². The molecule has 1 heterocycles. The minimum absolute atomic E-state index is 0.211. The number of rotatable bonds is 1. The van der Waals surface area contributed by atoms with Crippen LogP contribution < -0.4 is 0 Å². The molecule has 3 rings (SSSR count). The average Bonchev–Trinajstić information content (AvgIpc) is 2.38. The fourth-order valence-corrected chi connectivity index (χ4v) is 1.93. The SMILES string of the molecule is Fc1cccc(-c2ccc3cnccc3c2)c1. The maximum absolute atomic E-state index is 13.2. The molecule has 0 amide bonds. The van der Waals surface area contributed by atoms with E-state index in [2.05, 4.69) is 4.98 Å². The van der Waals surface area contributed by atoms with E-state index in [1.54, 1.807) is 18.3 Å². The summed E-state index contributed by atoms with van der Waals surface area (Å²) < 4.78 is 13.2. The summed E-state index contributed by atoms with van der Waals surface area (Å²) in [6, 6.07) is 14.6. The highest BCUT2D eigenvalue weighted by Gasteiger charge is 2.00. The van der Waals surface area contributed by atoms with Gasteiger partial charge in [0.05, 0.1) is 0 Å². The zero-order valence-electron chi connectivity index (χ0n) is 9.10. The Morgan fingerprint density at radius 1 is 0.824 bits per heavy atom. The number of benzene rings is 2. The van der Waals surface area contributed by atoms with Gasteiger partial charge in [0, 0.05) is 17.8 Å². The Morgan fingerprint density at radius 3 is 2.59 bits per heavy atom. The van der Waals surface area contributed by atoms with Crippen molar-refractivity contribution in [1.82, 2.24) is 4.98 Å². The van der Waals surface area contributed by atoms with Gasteiger partial charge in [0.25, 0.3) is 0 Å². The van der Waals surface area contributed by atoms with E-state index in [9.17, 15) is 4.39 Å². The van der Waals surface area contributed by atoms with E-state index < -0.39 is 0 Å². The number of aromatic nitrogens is 1. The number of halogens is 1. The van der Waals surface area contributed by atoms with E-state index in [-0.39, 0.29) is 5.82 Å². The van der Waals surface area contributed by atoms with Crippen LogP contribution in [0.15, 0.2) is 60.9 Å². The maximum atomic E-state index is 13.2. The second-order valence-corrected chi connectivity index (χ2v) is 3.95. The maximum Gasteiger partial charge on any atom is 0.123 e. The van der Waals surface area contributed by atoms with Crippen LogP contribution in [0.3, 0.4) is 0 Å². The molecule has 0 spiro atoms. The Morgan fingerprint density at radius 2 is 1.71 bits per heavy atom. The second kappa shape index (κ2) is 3.98. The van der Waals surface area contributed by atoms with Crippen LogP contribution in [0.5, 0.6) is 0 Å². The first-order valence-electron chi connectivity index (χ1n) is 5.43. The molecule has 1 nitrogen and oxygen atoms in total. The van der Waals surface area contributed by atoms with Crippen LogP contribution in [0.25, 0.3) is 21.9 Å². The average molecular weight is 223 g/mol. The van der Waals surface area contributed by atoms with Crippen molar-refractivity contribution in [2.24, 2.45) is 0 Å². The van der Waals surface area contributed by atoms with E-state index in [0.717, 1.165) is 21.9 Å². The fourth-order valence-electron chi connectivity index (χ4n) is 1.93. The molecule has 0 aliphatic carbocycles. The zero-order chi connectivity index (χ0) is 11.7. The van der Waals surface area contributed by atoms with Crippen molar-refractivity contribution in [3.63, 3.8) is 0 Å². The molecule has 2 heteroatoms. The van der Waals surface area contributed by atoms with Gasteiger partial charge in [-0.3, -0.25) is 4.98 Å². The Hall–Kier alpha value is -2.22. The summed E-state index contributed by atoms with van der Waals surface area (Å²) in [4.78, 5) is 4.07. The van der Waals surface area contributed by atoms with Crippen molar-refractivity contribution in [3.8, 4) is 11.1 Å². The molecule has 0 atom stereocenters. The highest BCUT2D eigenvalue weighted by Crippen LogP contribution is 2.24. The lowest BCUT2D eigenvalue weighted by Crippen LogP contribution is -1.81. The predicted molar refractivity (Wildman–Crippen MR) is 67.1 cm³/mol. The molecular weight excluding hydrogens is 213 g/mol. The Balaban J connectivity index is 2.18. The van der Waals surface area contributed by atoms with Crippen LogP contribution in [-0.4, -0.2) is 4.98 Å². The number of hydrogen-bond donors (Lipinski definition) is 0. The van der Waals surface area contributed by atoms with Gasteiger partial charge in [0.1, 0.15) is 5.82 Å². The first-order valence-corrected chi connectivity index (χ1v) is 5.43. The predicted octanol–water partition coefficient (Wildman–Crippen LogP) is 4.04. The molecule has 0 bridgehead atoms. The van der Waals surface area contributed by atoms with Crippen LogP contribution in [-0.2, 0) is 0 Å². The van der Waals surface area contributed by atoms with E-state index in [1.165, 1.54) is 6.07 Å². The number of fused-ring (bicyclic) bond motifs is 1. The second-order valence-electron chi connectivity index (χ2n) is 3.95. The fraction of sp³-hybridized carbons (Fsp3) is 0. The Kier molecular flexibility index (Phi) is 2.33. The quantitative estimate of drug-likeness (QED) is 0.606. The molecule has 2 aromatic carbocycles. The monoisotopic (exact) mass is 223 g/mol. The summed E-state index contributed by atoms with van der Waals surface area (Å²) in [6.45, 7) is 0. The van der Waals surface area contributed by atoms with Crippen molar-refractivity contribution < 1.29 is 4.39 Å². The molecule has 3 aromatic rings. The van der Waals surface area contributed by atoms with Gasteiger partial charge in [-0.15, -0.1) is 0 Å². The molecular formula is C15H10FN. The largest absolute Gasteiger partial charge is 0.264 e. The minimum atomic E-state index is -0.211. The van der Waals surface area contributed by atoms with Crippen molar-refractivity contribution in [1.29, 1.82) is 0 Å². The van der Waals surface area contributed by atoms with E-state index >= 15 is 0 Å². The lowest BCUT2D eigenvalue weighted by molar-refractivity contribution is 0.628. The molecule has 0 saturated carbocycles.